The Morgan fingerprint density at radius 1 is 1.00 bits per heavy atom. The van der Waals surface area contributed by atoms with Crippen molar-refractivity contribution in [3.63, 3.8) is 0 Å². The third kappa shape index (κ3) is 6.63. The van der Waals surface area contributed by atoms with E-state index in [1.165, 1.54) is 6.42 Å². The summed E-state index contributed by atoms with van der Waals surface area (Å²) >= 11 is 5.06. The van der Waals surface area contributed by atoms with Gasteiger partial charge in [0.2, 0.25) is 11.8 Å². The Bertz CT molecular complexity index is 697. The van der Waals surface area contributed by atoms with Crippen molar-refractivity contribution in [3.05, 3.63) is 29.8 Å². The first-order valence-corrected chi connectivity index (χ1v) is 9.59. The molecule has 0 radical (unpaired) electrons. The van der Waals surface area contributed by atoms with Gasteiger partial charge in [-0.3, -0.25) is 25.2 Å². The lowest BCUT2D eigenvalue weighted by Crippen LogP contribution is -2.49. The highest BCUT2D eigenvalue weighted by Crippen LogP contribution is 2.23. The molecule has 4 N–H and O–H groups in total. The summed E-state index contributed by atoms with van der Waals surface area (Å²) in [5, 5.41) is 5.44. The van der Waals surface area contributed by atoms with Gasteiger partial charge in [-0.25, -0.2) is 0 Å². The number of carbonyl (C=O) groups is 3. The van der Waals surface area contributed by atoms with Crippen molar-refractivity contribution in [2.75, 3.05) is 5.32 Å². The van der Waals surface area contributed by atoms with Gasteiger partial charge >= 0.3 is 0 Å². The third-order valence-corrected chi connectivity index (χ3v) is 4.65. The molecule has 1 fully saturated rings. The summed E-state index contributed by atoms with van der Waals surface area (Å²) in [5.41, 5.74) is 6.01. The number of rotatable bonds is 4. The molecule has 1 aromatic rings. The zero-order valence-electron chi connectivity index (χ0n) is 15.6. The molecule has 1 aromatic carbocycles. The highest BCUT2D eigenvalue weighted by atomic mass is 32.1. The van der Waals surface area contributed by atoms with Crippen LogP contribution in [0.2, 0.25) is 0 Å². The van der Waals surface area contributed by atoms with Gasteiger partial charge in [-0.1, -0.05) is 33.1 Å². The summed E-state index contributed by atoms with van der Waals surface area (Å²) in [6.45, 7) is 3.61. The van der Waals surface area contributed by atoms with Gasteiger partial charge in [0.05, 0.1) is 0 Å². The van der Waals surface area contributed by atoms with Crippen LogP contribution in [-0.4, -0.2) is 22.8 Å². The zero-order valence-corrected chi connectivity index (χ0v) is 16.4. The highest BCUT2D eigenvalue weighted by molar-refractivity contribution is 7.80. The SMILES string of the molecule is CC(C)C(=O)Nc1ccc(C(=O)NNC(=S)NC(=O)C2CCCCC2)cc1. The lowest BCUT2D eigenvalue weighted by atomic mass is 9.89. The molecule has 0 bridgehead atoms. The summed E-state index contributed by atoms with van der Waals surface area (Å²) < 4.78 is 0. The van der Waals surface area contributed by atoms with Crippen LogP contribution in [0.4, 0.5) is 5.69 Å². The van der Waals surface area contributed by atoms with Gasteiger partial charge in [0.25, 0.3) is 5.91 Å². The molecular formula is C19H26N4O3S. The summed E-state index contributed by atoms with van der Waals surface area (Å²) in [4.78, 5) is 35.9. The van der Waals surface area contributed by atoms with Crippen molar-refractivity contribution in [2.45, 2.75) is 46.0 Å². The summed E-state index contributed by atoms with van der Waals surface area (Å²) in [6, 6.07) is 6.49. The Labute approximate surface area is 164 Å². The van der Waals surface area contributed by atoms with E-state index in [0.29, 0.717) is 11.3 Å². The van der Waals surface area contributed by atoms with Crippen molar-refractivity contribution in [1.29, 1.82) is 0 Å². The lowest BCUT2D eigenvalue weighted by molar-refractivity contribution is -0.124. The Morgan fingerprint density at radius 3 is 2.22 bits per heavy atom. The summed E-state index contributed by atoms with van der Waals surface area (Å²) in [7, 11) is 0. The van der Waals surface area contributed by atoms with Gasteiger partial charge in [0, 0.05) is 23.1 Å². The number of amides is 3. The molecule has 27 heavy (non-hydrogen) atoms. The van der Waals surface area contributed by atoms with Crippen LogP contribution in [0.1, 0.15) is 56.3 Å². The fourth-order valence-electron chi connectivity index (χ4n) is 2.79. The molecule has 0 spiro atoms. The van der Waals surface area contributed by atoms with Gasteiger partial charge in [-0.2, -0.15) is 0 Å². The van der Waals surface area contributed by atoms with Crippen molar-refractivity contribution in [2.24, 2.45) is 11.8 Å². The first-order valence-electron chi connectivity index (χ1n) is 9.19. The number of hydrogen-bond acceptors (Lipinski definition) is 4. The van der Waals surface area contributed by atoms with E-state index in [-0.39, 0.29) is 28.8 Å². The predicted molar refractivity (Wildman–Crippen MR) is 108 cm³/mol. The highest BCUT2D eigenvalue weighted by Gasteiger charge is 2.21. The van der Waals surface area contributed by atoms with Crippen molar-refractivity contribution < 1.29 is 14.4 Å². The first-order chi connectivity index (χ1) is 12.9. The van der Waals surface area contributed by atoms with Crippen LogP contribution in [-0.2, 0) is 9.59 Å². The standard InChI is InChI=1S/C19H26N4O3S/c1-12(2)16(24)20-15-10-8-14(9-11-15)18(26)22-23-19(27)21-17(25)13-6-4-3-5-7-13/h8-13H,3-7H2,1-2H3,(H,20,24)(H,22,26)(H2,21,23,25,27). The minimum atomic E-state index is -0.397. The Hall–Kier alpha value is -2.48. The smallest absolute Gasteiger partial charge is 0.269 e. The molecule has 8 heteroatoms. The van der Waals surface area contributed by atoms with E-state index in [1.54, 1.807) is 38.1 Å². The summed E-state index contributed by atoms with van der Waals surface area (Å²) in [5.74, 6) is -0.726. The molecule has 3 amide bonds. The topological polar surface area (TPSA) is 99.3 Å². The number of thiocarbonyl (C=S) groups is 1. The van der Waals surface area contributed by atoms with E-state index in [1.807, 2.05) is 0 Å². The van der Waals surface area contributed by atoms with Gasteiger partial charge in [0.15, 0.2) is 5.11 Å². The molecule has 0 heterocycles. The summed E-state index contributed by atoms with van der Waals surface area (Å²) in [6.07, 6.45) is 5.04. The second-order valence-corrected chi connectivity index (χ2v) is 7.36. The number of nitrogens with one attached hydrogen (secondary N) is 4. The van der Waals surface area contributed by atoms with Crippen LogP contribution in [0.5, 0.6) is 0 Å². The van der Waals surface area contributed by atoms with Crippen LogP contribution < -0.4 is 21.5 Å². The number of hydrogen-bond donors (Lipinski definition) is 4. The molecule has 1 aliphatic rings. The molecule has 0 aliphatic heterocycles. The molecule has 0 atom stereocenters. The maximum Gasteiger partial charge on any atom is 0.269 e. The van der Waals surface area contributed by atoms with Crippen LogP contribution in [0, 0.1) is 11.8 Å². The van der Waals surface area contributed by atoms with Crippen LogP contribution in [0.25, 0.3) is 0 Å². The van der Waals surface area contributed by atoms with E-state index < -0.39 is 5.91 Å². The molecule has 1 aliphatic carbocycles. The second kappa shape index (κ2) is 10.0. The fraction of sp³-hybridized carbons (Fsp3) is 0.474. The van der Waals surface area contributed by atoms with E-state index in [4.69, 9.17) is 12.2 Å². The average Bonchev–Trinajstić information content (AvgIpc) is 2.67. The van der Waals surface area contributed by atoms with Crippen molar-refractivity contribution >= 4 is 40.7 Å². The Morgan fingerprint density at radius 2 is 1.63 bits per heavy atom. The maximum absolute atomic E-state index is 12.1. The van der Waals surface area contributed by atoms with Crippen molar-refractivity contribution in [1.82, 2.24) is 16.2 Å². The van der Waals surface area contributed by atoms with Crippen LogP contribution >= 0.6 is 12.2 Å². The number of anilines is 1. The third-order valence-electron chi connectivity index (χ3n) is 4.44. The molecular weight excluding hydrogens is 364 g/mol. The Balaban J connectivity index is 1.78. The molecule has 2 rings (SSSR count). The number of hydrazine groups is 1. The molecule has 7 nitrogen and oxygen atoms in total. The van der Waals surface area contributed by atoms with Gasteiger partial charge in [0.1, 0.15) is 0 Å². The Kier molecular flexibility index (Phi) is 7.72. The molecule has 0 unspecified atom stereocenters. The second-order valence-electron chi connectivity index (χ2n) is 6.95. The zero-order chi connectivity index (χ0) is 19.8. The van der Waals surface area contributed by atoms with Crippen LogP contribution in [0.3, 0.4) is 0 Å². The van der Waals surface area contributed by atoms with E-state index in [0.717, 1.165) is 25.7 Å². The largest absolute Gasteiger partial charge is 0.326 e. The first kappa shape index (κ1) is 20.8. The number of carbonyl (C=O) groups excluding carboxylic acids is 3. The molecule has 1 saturated carbocycles. The molecule has 146 valence electrons. The van der Waals surface area contributed by atoms with E-state index >= 15 is 0 Å². The quantitative estimate of drug-likeness (QED) is 0.468. The van der Waals surface area contributed by atoms with Gasteiger partial charge in [-0.05, 0) is 49.3 Å². The average molecular weight is 391 g/mol. The van der Waals surface area contributed by atoms with E-state index in [9.17, 15) is 14.4 Å². The monoisotopic (exact) mass is 390 g/mol. The predicted octanol–water partition coefficient (Wildman–Crippen LogP) is 2.50. The minimum Gasteiger partial charge on any atom is -0.326 e. The van der Waals surface area contributed by atoms with Crippen molar-refractivity contribution in [3.8, 4) is 0 Å². The lowest BCUT2D eigenvalue weighted by Gasteiger charge is -2.21. The fourth-order valence-corrected chi connectivity index (χ4v) is 2.94. The maximum atomic E-state index is 12.1. The minimum absolute atomic E-state index is 0.0113. The van der Waals surface area contributed by atoms with Gasteiger partial charge in [-0.15, -0.1) is 0 Å². The van der Waals surface area contributed by atoms with Crippen LogP contribution in [0.15, 0.2) is 24.3 Å². The normalized spacial score (nSPS) is 14.3. The molecule has 0 aromatic heterocycles. The molecule has 0 saturated heterocycles. The van der Waals surface area contributed by atoms with Gasteiger partial charge < -0.3 is 10.6 Å². The van der Waals surface area contributed by atoms with E-state index in [2.05, 4.69) is 21.5 Å². The number of benzene rings is 1.